The van der Waals surface area contributed by atoms with Gasteiger partial charge in [-0.3, -0.25) is 10.1 Å². The number of imide groups is 1. The maximum absolute atomic E-state index is 11.1. The Kier molecular flexibility index (Phi) is 2.13. The van der Waals surface area contributed by atoms with Crippen molar-refractivity contribution in [2.45, 2.75) is 0 Å². The summed E-state index contributed by atoms with van der Waals surface area (Å²) >= 11 is 0. The summed E-state index contributed by atoms with van der Waals surface area (Å²) < 4.78 is 0. The number of carbonyl (C=O) groups excluding carboxylic acids is 2. The van der Waals surface area contributed by atoms with E-state index in [9.17, 15) is 14.7 Å². The van der Waals surface area contributed by atoms with Crippen molar-refractivity contribution < 1.29 is 14.7 Å². The van der Waals surface area contributed by atoms with Crippen molar-refractivity contribution in [1.29, 1.82) is 0 Å². The van der Waals surface area contributed by atoms with Crippen LogP contribution in [0.3, 0.4) is 0 Å². The zero-order chi connectivity index (χ0) is 10.8. The Bertz CT molecular complexity index is 465. The Morgan fingerprint density at radius 3 is 2.60 bits per heavy atom. The van der Waals surface area contributed by atoms with E-state index in [1.165, 1.54) is 18.2 Å². The lowest BCUT2D eigenvalue weighted by molar-refractivity contribution is -0.115. The molecule has 15 heavy (non-hydrogen) atoms. The summed E-state index contributed by atoms with van der Waals surface area (Å²) in [4.78, 5) is 21.9. The highest BCUT2D eigenvalue weighted by atomic mass is 16.3. The highest BCUT2D eigenvalue weighted by molar-refractivity contribution is 6.13. The SMILES string of the molecule is O=C1NC(=O)/C(=C\c2cccc(O)c2)N1. The van der Waals surface area contributed by atoms with Gasteiger partial charge < -0.3 is 10.4 Å². The molecule has 76 valence electrons. The molecule has 5 heteroatoms. The Balaban J connectivity index is 2.31. The molecule has 0 aliphatic carbocycles. The molecule has 0 saturated carbocycles. The first kappa shape index (κ1) is 9.26. The van der Waals surface area contributed by atoms with Crippen LogP contribution in [0.25, 0.3) is 6.08 Å². The molecule has 1 aliphatic heterocycles. The predicted octanol–water partition coefficient (Wildman–Crippen LogP) is 0.572. The number of amides is 3. The van der Waals surface area contributed by atoms with E-state index in [-0.39, 0.29) is 11.4 Å². The van der Waals surface area contributed by atoms with Crippen molar-refractivity contribution >= 4 is 18.0 Å². The van der Waals surface area contributed by atoms with E-state index in [0.29, 0.717) is 5.56 Å². The van der Waals surface area contributed by atoms with Crippen LogP contribution in [0, 0.1) is 0 Å². The summed E-state index contributed by atoms with van der Waals surface area (Å²) in [6.07, 6.45) is 1.49. The highest BCUT2D eigenvalue weighted by Crippen LogP contribution is 2.14. The summed E-state index contributed by atoms with van der Waals surface area (Å²) in [6, 6.07) is 5.84. The standard InChI is InChI=1S/C10H8N2O3/c13-7-3-1-2-6(4-7)5-8-9(14)12-10(15)11-8/h1-5,13H,(H2,11,12,14,15)/b8-5+. The van der Waals surface area contributed by atoms with Gasteiger partial charge >= 0.3 is 6.03 Å². The average molecular weight is 204 g/mol. The number of hydrogen-bond acceptors (Lipinski definition) is 3. The number of phenolic OH excluding ortho intramolecular Hbond substituents is 1. The number of benzene rings is 1. The van der Waals surface area contributed by atoms with Crippen molar-refractivity contribution in [3.05, 3.63) is 35.5 Å². The molecule has 0 bridgehead atoms. The van der Waals surface area contributed by atoms with E-state index in [0.717, 1.165) is 0 Å². The lowest BCUT2D eigenvalue weighted by atomic mass is 10.2. The van der Waals surface area contributed by atoms with Crippen LogP contribution in [0.4, 0.5) is 4.79 Å². The molecule has 5 nitrogen and oxygen atoms in total. The lowest BCUT2D eigenvalue weighted by Gasteiger charge is -1.96. The summed E-state index contributed by atoms with van der Waals surface area (Å²) in [5.41, 5.74) is 0.813. The van der Waals surface area contributed by atoms with Gasteiger partial charge in [-0.25, -0.2) is 4.79 Å². The fraction of sp³-hybridized carbons (Fsp3) is 0. The minimum Gasteiger partial charge on any atom is -0.508 e. The van der Waals surface area contributed by atoms with E-state index in [2.05, 4.69) is 10.6 Å². The van der Waals surface area contributed by atoms with Crippen molar-refractivity contribution in [3.8, 4) is 5.75 Å². The van der Waals surface area contributed by atoms with Gasteiger partial charge in [0.25, 0.3) is 5.91 Å². The Morgan fingerprint density at radius 1 is 1.20 bits per heavy atom. The van der Waals surface area contributed by atoms with Gasteiger partial charge in [0.05, 0.1) is 0 Å². The molecule has 0 radical (unpaired) electrons. The van der Waals surface area contributed by atoms with Crippen LogP contribution >= 0.6 is 0 Å². The first-order valence-corrected chi connectivity index (χ1v) is 4.28. The molecule has 1 aromatic rings. The molecule has 2 rings (SSSR count). The molecule has 1 aliphatic rings. The van der Waals surface area contributed by atoms with Gasteiger partial charge in [0.1, 0.15) is 11.4 Å². The zero-order valence-electron chi connectivity index (χ0n) is 7.65. The molecular weight excluding hydrogens is 196 g/mol. The smallest absolute Gasteiger partial charge is 0.326 e. The van der Waals surface area contributed by atoms with E-state index in [1.807, 2.05) is 0 Å². The van der Waals surface area contributed by atoms with Crippen LogP contribution < -0.4 is 10.6 Å². The Labute approximate surface area is 85.4 Å². The van der Waals surface area contributed by atoms with Gasteiger partial charge in [0.2, 0.25) is 0 Å². The van der Waals surface area contributed by atoms with Crippen molar-refractivity contribution in [3.63, 3.8) is 0 Å². The average Bonchev–Trinajstić information content (AvgIpc) is 2.45. The van der Waals surface area contributed by atoms with Crippen LogP contribution in [0.15, 0.2) is 30.0 Å². The Hall–Kier alpha value is -2.30. The van der Waals surface area contributed by atoms with E-state index in [1.54, 1.807) is 12.1 Å². The monoisotopic (exact) mass is 204 g/mol. The van der Waals surface area contributed by atoms with Crippen LogP contribution in [-0.2, 0) is 4.79 Å². The van der Waals surface area contributed by atoms with Crippen molar-refractivity contribution in [2.24, 2.45) is 0 Å². The maximum Gasteiger partial charge on any atom is 0.326 e. The molecule has 1 fully saturated rings. The van der Waals surface area contributed by atoms with Gasteiger partial charge in [0.15, 0.2) is 0 Å². The van der Waals surface area contributed by atoms with Crippen LogP contribution in [0.2, 0.25) is 0 Å². The lowest BCUT2D eigenvalue weighted by Crippen LogP contribution is -2.22. The second-order valence-electron chi connectivity index (χ2n) is 3.06. The van der Waals surface area contributed by atoms with E-state index >= 15 is 0 Å². The summed E-state index contributed by atoms with van der Waals surface area (Å²) in [5.74, 6) is -0.363. The molecule has 1 saturated heterocycles. The third-order valence-corrected chi connectivity index (χ3v) is 1.90. The number of rotatable bonds is 1. The third-order valence-electron chi connectivity index (χ3n) is 1.90. The van der Waals surface area contributed by atoms with Crippen molar-refractivity contribution in [2.75, 3.05) is 0 Å². The van der Waals surface area contributed by atoms with Gasteiger partial charge in [0, 0.05) is 0 Å². The molecule has 0 atom stereocenters. The largest absolute Gasteiger partial charge is 0.508 e. The molecule has 0 spiro atoms. The van der Waals surface area contributed by atoms with Crippen LogP contribution in [0.5, 0.6) is 5.75 Å². The predicted molar refractivity (Wildman–Crippen MR) is 52.8 cm³/mol. The zero-order valence-corrected chi connectivity index (χ0v) is 7.65. The summed E-state index contributed by atoms with van der Waals surface area (Å²) in [5, 5.41) is 13.6. The number of carbonyl (C=O) groups is 2. The highest BCUT2D eigenvalue weighted by Gasteiger charge is 2.22. The first-order valence-electron chi connectivity index (χ1n) is 4.28. The molecule has 1 aromatic carbocycles. The Morgan fingerprint density at radius 2 is 2.00 bits per heavy atom. The second kappa shape index (κ2) is 3.45. The minimum atomic E-state index is -0.536. The maximum atomic E-state index is 11.1. The molecule has 3 amide bonds. The first-order chi connectivity index (χ1) is 7.15. The fourth-order valence-electron chi connectivity index (χ4n) is 1.26. The van der Waals surface area contributed by atoms with Crippen LogP contribution in [0.1, 0.15) is 5.56 Å². The summed E-state index contributed by atoms with van der Waals surface area (Å²) in [7, 11) is 0. The van der Waals surface area contributed by atoms with Crippen molar-refractivity contribution in [1.82, 2.24) is 10.6 Å². The molecular formula is C10H8N2O3. The summed E-state index contributed by atoms with van der Waals surface area (Å²) in [6.45, 7) is 0. The van der Waals surface area contributed by atoms with Gasteiger partial charge in [-0.15, -0.1) is 0 Å². The second-order valence-corrected chi connectivity index (χ2v) is 3.06. The number of phenols is 1. The third kappa shape index (κ3) is 1.96. The topological polar surface area (TPSA) is 78.4 Å². The number of nitrogens with one attached hydrogen (secondary N) is 2. The van der Waals surface area contributed by atoms with E-state index < -0.39 is 11.9 Å². The molecule has 1 heterocycles. The molecule has 0 unspecified atom stereocenters. The van der Waals surface area contributed by atoms with Gasteiger partial charge in [-0.05, 0) is 23.8 Å². The molecule has 0 aromatic heterocycles. The quantitative estimate of drug-likeness (QED) is 0.462. The number of aromatic hydroxyl groups is 1. The van der Waals surface area contributed by atoms with E-state index in [4.69, 9.17) is 0 Å². The minimum absolute atomic E-state index is 0.106. The normalized spacial score (nSPS) is 17.7. The van der Waals surface area contributed by atoms with Gasteiger partial charge in [-0.1, -0.05) is 12.1 Å². The van der Waals surface area contributed by atoms with Gasteiger partial charge in [-0.2, -0.15) is 0 Å². The fourth-order valence-corrected chi connectivity index (χ4v) is 1.26. The molecule has 3 N–H and O–H groups in total. The number of hydrogen-bond donors (Lipinski definition) is 3. The van der Waals surface area contributed by atoms with Crippen LogP contribution in [-0.4, -0.2) is 17.0 Å². The number of urea groups is 1.